The average Bonchev–Trinajstić information content (AvgIpc) is 4.25. The molecule has 0 saturated carbocycles. The summed E-state index contributed by atoms with van der Waals surface area (Å²) in [5, 5.41) is 21.5. The Bertz CT molecular complexity index is 2540. The lowest BCUT2D eigenvalue weighted by atomic mass is 10.0. The molecule has 0 spiro atoms. The number of unbranched alkanes of at least 4 members (excludes halogenated alkanes) is 1. The number of amides is 3. The summed E-state index contributed by atoms with van der Waals surface area (Å²) in [6, 6.07) is 15.5. The van der Waals surface area contributed by atoms with Gasteiger partial charge in [-0.05, 0) is 61.2 Å². The predicted molar refractivity (Wildman–Crippen MR) is 259 cm³/mol. The molecule has 9 rings (SSSR count). The number of rotatable bonds is 24. The Hall–Kier alpha value is -6.36. The van der Waals surface area contributed by atoms with E-state index in [0.29, 0.717) is 76.6 Å². The SMILES string of the molecule is [N-]=[N+]=Nc1ccc([C@]2(Cn3cncn3)OC[C@@H](COC3=CC=C(N4CCN(c5ccc(-n6cnn(CCOCCOCCNC(=O)CCCC[C@@H]7SC[C@@H]8NC(=O)N[C@@H]87)c6=O)cc5)CC4)CC3)O2)cc1. The number of piperazine rings is 1. The molecule has 3 N–H and O–H groups in total. The van der Waals surface area contributed by atoms with Gasteiger partial charge in [-0.25, -0.2) is 28.5 Å². The number of aromatic nitrogens is 6. The number of nitrogens with one attached hydrogen (secondary N) is 3. The number of carbonyl (C=O) groups is 2. The summed E-state index contributed by atoms with van der Waals surface area (Å²) in [7, 11) is 0. The van der Waals surface area contributed by atoms with Crippen LogP contribution in [0.4, 0.5) is 16.2 Å². The summed E-state index contributed by atoms with van der Waals surface area (Å²) >= 11 is 1.89. The first-order valence-corrected chi connectivity index (χ1v) is 25.1. The quantitative estimate of drug-likeness (QED) is 0.0295. The minimum Gasteiger partial charge on any atom is -0.495 e. The predicted octanol–water partition coefficient (Wildman–Crippen LogP) is 4.11. The summed E-state index contributed by atoms with van der Waals surface area (Å²) in [5.41, 5.74) is 13.0. The van der Waals surface area contributed by atoms with Crippen LogP contribution in [0.25, 0.3) is 16.1 Å². The zero-order chi connectivity index (χ0) is 48.1. The molecule has 23 heteroatoms. The Morgan fingerprint density at radius 3 is 2.50 bits per heavy atom. The zero-order valence-corrected chi connectivity index (χ0v) is 39.9. The molecule has 0 bridgehead atoms. The van der Waals surface area contributed by atoms with Crippen molar-refractivity contribution in [2.24, 2.45) is 5.11 Å². The molecule has 4 aliphatic heterocycles. The topological polar surface area (TPSA) is 242 Å². The number of hydrogen-bond donors (Lipinski definition) is 3. The lowest BCUT2D eigenvalue weighted by Crippen LogP contribution is -2.46. The number of thioether (sulfide) groups is 1. The van der Waals surface area contributed by atoms with E-state index < -0.39 is 5.79 Å². The Kier molecular flexibility index (Phi) is 16.3. The Balaban J connectivity index is 0.636. The van der Waals surface area contributed by atoms with Gasteiger partial charge >= 0.3 is 11.7 Å². The molecule has 2 aromatic carbocycles. The van der Waals surface area contributed by atoms with Crippen LogP contribution in [-0.4, -0.2) is 148 Å². The fraction of sp³-hybridized carbons (Fsp3) is 0.532. The fourth-order valence-electron chi connectivity index (χ4n) is 9.37. The minimum absolute atomic E-state index is 0.0158. The normalized spacial score (nSPS) is 23.0. The molecule has 4 saturated heterocycles. The highest BCUT2D eigenvalue weighted by atomic mass is 32.2. The van der Waals surface area contributed by atoms with Crippen LogP contribution in [0.5, 0.6) is 0 Å². The number of ether oxygens (including phenoxy) is 5. The van der Waals surface area contributed by atoms with Crippen molar-refractivity contribution in [1.82, 2.24) is 50.0 Å². The summed E-state index contributed by atoms with van der Waals surface area (Å²) in [5.74, 6) is 0.767. The number of carbonyl (C=O) groups excluding carboxylic acids is 2. The Labute approximate surface area is 409 Å². The van der Waals surface area contributed by atoms with Gasteiger partial charge in [0.25, 0.3) is 0 Å². The molecule has 5 atom stereocenters. The van der Waals surface area contributed by atoms with E-state index in [9.17, 15) is 14.4 Å². The van der Waals surface area contributed by atoms with Crippen LogP contribution >= 0.6 is 11.8 Å². The van der Waals surface area contributed by atoms with Crippen molar-refractivity contribution >= 4 is 35.1 Å². The van der Waals surface area contributed by atoms with Gasteiger partial charge in [0.05, 0.1) is 63.1 Å². The first-order valence-electron chi connectivity index (χ1n) is 24.0. The van der Waals surface area contributed by atoms with Crippen molar-refractivity contribution < 1.29 is 33.3 Å². The molecule has 4 aromatic rings. The van der Waals surface area contributed by atoms with E-state index in [1.807, 2.05) is 36.0 Å². The van der Waals surface area contributed by atoms with Crippen LogP contribution in [0.1, 0.15) is 44.1 Å². The van der Waals surface area contributed by atoms with Crippen LogP contribution in [0, 0.1) is 0 Å². The van der Waals surface area contributed by atoms with Crippen molar-refractivity contribution in [3.05, 3.63) is 118 Å². The highest BCUT2D eigenvalue weighted by Gasteiger charge is 2.45. The second kappa shape index (κ2) is 23.5. The van der Waals surface area contributed by atoms with Crippen molar-refractivity contribution in [3.8, 4) is 5.69 Å². The number of fused-ring (bicyclic) bond motifs is 1. The van der Waals surface area contributed by atoms with E-state index in [2.05, 4.69) is 75.2 Å². The van der Waals surface area contributed by atoms with Crippen LogP contribution in [-0.2, 0) is 47.4 Å². The molecule has 0 unspecified atom stereocenters. The number of urea groups is 1. The Morgan fingerprint density at radius 2 is 1.73 bits per heavy atom. The number of azide groups is 1. The molecular formula is C47H60N14O8S. The number of allylic oxidation sites excluding steroid dienone is 4. The molecule has 372 valence electrons. The maximum Gasteiger partial charge on any atom is 0.350 e. The number of hydrogen-bond acceptors (Lipinski definition) is 15. The van der Waals surface area contributed by atoms with E-state index in [-0.39, 0.29) is 35.8 Å². The van der Waals surface area contributed by atoms with Crippen molar-refractivity contribution in [2.45, 2.75) is 80.8 Å². The first kappa shape index (κ1) is 48.7. The van der Waals surface area contributed by atoms with Gasteiger partial charge in [0.1, 0.15) is 38.2 Å². The number of anilines is 1. The third-order valence-electron chi connectivity index (χ3n) is 13.1. The second-order valence-corrected chi connectivity index (χ2v) is 18.9. The van der Waals surface area contributed by atoms with Gasteiger partial charge in [-0.1, -0.05) is 35.8 Å². The molecule has 4 fully saturated rings. The standard InChI is InChI=1S/C47H60N14O8S/c48-56-55-35-7-5-34(6-8-35)47(30-59-32-49-31-51-59)68-28-40(69-47)27-67-39-15-13-37(14-16-39)58-20-18-57(19-21-58)36-9-11-38(12-10-36)60-33-52-61(46(60)64)22-24-66-26-25-65-23-17-50-43(62)4-2-1-3-42-44-41(29-70-42)53-45(63)54-44/h5-13,15,31-33,40-42,44H,1-4,14,16-30H2,(H,50,62)(H2,53,54,63)/t40-,41+,42+,44+,47-/m1/s1. The summed E-state index contributed by atoms with van der Waals surface area (Å²) in [6.45, 7) is 6.70. The van der Waals surface area contributed by atoms with Crippen LogP contribution < -0.4 is 26.5 Å². The van der Waals surface area contributed by atoms with Gasteiger partial charge < -0.3 is 49.4 Å². The molecule has 6 heterocycles. The van der Waals surface area contributed by atoms with Gasteiger partial charge in [-0.2, -0.15) is 22.0 Å². The van der Waals surface area contributed by atoms with Crippen molar-refractivity contribution in [2.75, 3.05) is 83.0 Å². The highest BCUT2D eigenvalue weighted by Crippen LogP contribution is 2.38. The van der Waals surface area contributed by atoms with Gasteiger partial charge in [0, 0.05) is 84.1 Å². The maximum absolute atomic E-state index is 13.2. The summed E-state index contributed by atoms with van der Waals surface area (Å²) in [4.78, 5) is 48.7. The van der Waals surface area contributed by atoms with Gasteiger partial charge in [-0.3, -0.25) is 4.79 Å². The van der Waals surface area contributed by atoms with Crippen LogP contribution in [0.2, 0.25) is 0 Å². The minimum atomic E-state index is -1.10. The van der Waals surface area contributed by atoms with Gasteiger partial charge in [0.15, 0.2) is 0 Å². The molecule has 2 aromatic heterocycles. The fourth-order valence-corrected chi connectivity index (χ4v) is 10.9. The van der Waals surface area contributed by atoms with Crippen molar-refractivity contribution in [3.63, 3.8) is 0 Å². The zero-order valence-electron chi connectivity index (χ0n) is 39.1. The molecule has 22 nitrogen and oxygen atoms in total. The molecule has 1 aliphatic carbocycles. The largest absolute Gasteiger partial charge is 0.495 e. The average molecular weight is 981 g/mol. The smallest absolute Gasteiger partial charge is 0.350 e. The van der Waals surface area contributed by atoms with Gasteiger partial charge in [-0.15, -0.1) is 0 Å². The molecular weight excluding hydrogens is 921 g/mol. The number of benzene rings is 2. The summed E-state index contributed by atoms with van der Waals surface area (Å²) in [6.07, 6.45) is 13.4. The monoisotopic (exact) mass is 980 g/mol. The van der Waals surface area contributed by atoms with E-state index in [1.54, 1.807) is 23.1 Å². The third kappa shape index (κ3) is 12.3. The summed E-state index contributed by atoms with van der Waals surface area (Å²) < 4.78 is 35.0. The van der Waals surface area contributed by atoms with E-state index in [1.165, 1.54) is 27.6 Å². The Morgan fingerprint density at radius 1 is 0.929 bits per heavy atom. The maximum atomic E-state index is 13.2. The first-order chi connectivity index (χ1) is 34.3. The van der Waals surface area contributed by atoms with E-state index in [4.69, 9.17) is 29.2 Å². The number of nitrogens with zero attached hydrogens (tertiary/aromatic N) is 11. The van der Waals surface area contributed by atoms with Crippen LogP contribution in [0.15, 0.2) is 101 Å². The van der Waals surface area contributed by atoms with Crippen LogP contribution in [0.3, 0.4) is 0 Å². The lowest BCUT2D eigenvalue weighted by Gasteiger charge is -2.39. The van der Waals surface area contributed by atoms with Crippen molar-refractivity contribution in [1.29, 1.82) is 0 Å². The molecule has 5 aliphatic rings. The van der Waals surface area contributed by atoms with E-state index in [0.717, 1.165) is 86.7 Å². The van der Waals surface area contributed by atoms with E-state index >= 15 is 0 Å². The molecule has 3 amide bonds. The molecule has 0 radical (unpaired) electrons. The lowest BCUT2D eigenvalue weighted by molar-refractivity contribution is -0.192. The highest BCUT2D eigenvalue weighted by molar-refractivity contribution is 8.00. The molecule has 70 heavy (non-hydrogen) atoms. The third-order valence-corrected chi connectivity index (χ3v) is 14.6. The van der Waals surface area contributed by atoms with Gasteiger partial charge in [0.2, 0.25) is 11.7 Å². The second-order valence-electron chi connectivity index (χ2n) is 17.7.